The third-order valence-electron chi connectivity index (χ3n) is 6.29. The zero-order chi connectivity index (χ0) is 26.4. The minimum absolute atomic E-state index is 0.133. The summed E-state index contributed by atoms with van der Waals surface area (Å²) in [6.07, 6.45) is -1.23. The highest BCUT2D eigenvalue weighted by Gasteiger charge is 2.60. The Balaban J connectivity index is 1.57. The van der Waals surface area contributed by atoms with Gasteiger partial charge in [-0.15, -0.1) is 0 Å². The fourth-order valence-corrected chi connectivity index (χ4v) is 4.55. The van der Waals surface area contributed by atoms with Crippen molar-refractivity contribution in [1.29, 1.82) is 0 Å². The predicted molar refractivity (Wildman–Crippen MR) is 127 cm³/mol. The summed E-state index contributed by atoms with van der Waals surface area (Å²) in [6, 6.07) is 14.0. The summed E-state index contributed by atoms with van der Waals surface area (Å²) in [5, 5.41) is 33.5. The number of hydroxylamine groups is 1. The second-order valence-electron chi connectivity index (χ2n) is 8.31. The van der Waals surface area contributed by atoms with Crippen LogP contribution in [0.15, 0.2) is 66.7 Å². The molecule has 2 heterocycles. The maximum atomic E-state index is 13.6. The largest absolute Gasteiger partial charge is 0.504 e. The topological polar surface area (TPSA) is 166 Å². The number of nitro groups is 2. The number of amides is 2. The molecule has 0 aliphatic carbocycles. The molecule has 2 aliphatic rings. The third kappa shape index (κ3) is 3.87. The molecule has 0 spiro atoms. The second kappa shape index (κ2) is 8.87. The number of phenols is 1. The molecule has 37 heavy (non-hydrogen) atoms. The SMILES string of the molecule is COc1cc([C@@H]2[C@H]3C(=O)N(c4ccc([N+](=O)[O-])cc4)C(=O)[C@@H]3ON2c2ccc([N+](=O)[O-])cc2)ccc1O. The first kappa shape index (κ1) is 23.7. The molecule has 0 bridgehead atoms. The number of non-ortho nitro benzene ring substituents is 2. The third-order valence-corrected chi connectivity index (χ3v) is 6.29. The molecule has 0 aromatic heterocycles. The lowest BCUT2D eigenvalue weighted by molar-refractivity contribution is -0.385. The van der Waals surface area contributed by atoms with Crippen molar-refractivity contribution in [3.8, 4) is 11.5 Å². The first-order chi connectivity index (χ1) is 17.7. The number of carbonyl (C=O) groups excluding carboxylic acids is 2. The van der Waals surface area contributed by atoms with E-state index in [1.165, 1.54) is 72.8 Å². The van der Waals surface area contributed by atoms with Crippen LogP contribution < -0.4 is 14.7 Å². The number of carbonyl (C=O) groups is 2. The van der Waals surface area contributed by atoms with Crippen LogP contribution >= 0.6 is 0 Å². The zero-order valence-corrected chi connectivity index (χ0v) is 19.1. The van der Waals surface area contributed by atoms with Crippen molar-refractivity contribution in [3.63, 3.8) is 0 Å². The average molecular weight is 506 g/mol. The van der Waals surface area contributed by atoms with Gasteiger partial charge in [-0.25, -0.2) is 9.96 Å². The maximum absolute atomic E-state index is 13.6. The van der Waals surface area contributed by atoms with Gasteiger partial charge in [0.1, 0.15) is 5.92 Å². The van der Waals surface area contributed by atoms with Crippen LogP contribution in [-0.4, -0.2) is 40.0 Å². The number of fused-ring (bicyclic) bond motifs is 1. The Morgan fingerprint density at radius 1 is 0.865 bits per heavy atom. The van der Waals surface area contributed by atoms with E-state index in [2.05, 4.69) is 0 Å². The monoisotopic (exact) mass is 506 g/mol. The number of hydrogen-bond donors (Lipinski definition) is 1. The lowest BCUT2D eigenvalue weighted by atomic mass is 9.90. The van der Waals surface area contributed by atoms with Crippen molar-refractivity contribution in [2.75, 3.05) is 17.1 Å². The van der Waals surface area contributed by atoms with Crippen molar-refractivity contribution in [2.45, 2.75) is 12.1 Å². The summed E-state index contributed by atoms with van der Waals surface area (Å²) in [5.41, 5.74) is 0.648. The molecular formula is C24H18N4O9. The molecular weight excluding hydrogens is 488 g/mol. The Kier molecular flexibility index (Phi) is 5.68. The van der Waals surface area contributed by atoms with Crippen LogP contribution in [0.3, 0.4) is 0 Å². The fraction of sp³-hybridized carbons (Fsp3) is 0.167. The van der Waals surface area contributed by atoms with Gasteiger partial charge < -0.3 is 9.84 Å². The number of phenolic OH excluding ortho intramolecular Hbond substituents is 1. The van der Waals surface area contributed by atoms with Gasteiger partial charge in [-0.1, -0.05) is 6.07 Å². The van der Waals surface area contributed by atoms with E-state index in [4.69, 9.17) is 9.57 Å². The number of ether oxygens (including phenoxy) is 1. The van der Waals surface area contributed by atoms with Gasteiger partial charge in [0.05, 0.1) is 34.4 Å². The summed E-state index contributed by atoms with van der Waals surface area (Å²) in [5.74, 6) is -2.29. The van der Waals surface area contributed by atoms with E-state index >= 15 is 0 Å². The number of hydrogen-bond acceptors (Lipinski definition) is 10. The van der Waals surface area contributed by atoms with E-state index in [-0.39, 0.29) is 28.6 Å². The minimum Gasteiger partial charge on any atom is -0.504 e. The number of methoxy groups -OCH3 is 1. The summed E-state index contributed by atoms with van der Waals surface area (Å²) in [4.78, 5) is 54.8. The number of nitrogens with zero attached hydrogens (tertiary/aromatic N) is 4. The van der Waals surface area contributed by atoms with Crippen molar-refractivity contribution < 1.29 is 34.1 Å². The van der Waals surface area contributed by atoms with Gasteiger partial charge in [-0.05, 0) is 42.0 Å². The first-order valence-corrected chi connectivity index (χ1v) is 10.9. The highest BCUT2D eigenvalue weighted by atomic mass is 16.7. The standard InChI is InChI=1S/C24H18N4O9/c1-36-19-12-13(2-11-18(19)29)21-20-22(37-26(21)15-5-9-17(10-6-15)28(34)35)24(31)25(23(20)30)14-3-7-16(8-4-14)27(32)33/h2-12,20-22,29H,1H3/t20-,21-,22-/m1/s1. The molecule has 3 aromatic rings. The predicted octanol–water partition coefficient (Wildman–Crippen LogP) is 3.27. The van der Waals surface area contributed by atoms with Gasteiger partial charge in [-0.3, -0.25) is 34.7 Å². The maximum Gasteiger partial charge on any atom is 0.269 e. The van der Waals surface area contributed by atoms with E-state index in [9.17, 15) is 34.9 Å². The van der Waals surface area contributed by atoms with Crippen molar-refractivity contribution in [2.24, 2.45) is 5.92 Å². The van der Waals surface area contributed by atoms with Crippen molar-refractivity contribution in [3.05, 3.63) is 92.5 Å². The molecule has 3 atom stereocenters. The molecule has 0 unspecified atom stereocenters. The van der Waals surface area contributed by atoms with Crippen LogP contribution in [0, 0.1) is 26.1 Å². The Morgan fingerprint density at radius 2 is 1.43 bits per heavy atom. The lowest BCUT2D eigenvalue weighted by Crippen LogP contribution is -2.37. The summed E-state index contributed by atoms with van der Waals surface area (Å²) in [7, 11) is 1.36. The molecule has 13 nitrogen and oxygen atoms in total. The van der Waals surface area contributed by atoms with Crippen molar-refractivity contribution in [1.82, 2.24) is 0 Å². The highest BCUT2D eigenvalue weighted by molar-refractivity contribution is 6.24. The number of benzene rings is 3. The average Bonchev–Trinajstić information content (AvgIpc) is 3.40. The van der Waals surface area contributed by atoms with Gasteiger partial charge in [-0.2, -0.15) is 0 Å². The number of imide groups is 1. The first-order valence-electron chi connectivity index (χ1n) is 10.9. The molecule has 5 rings (SSSR count). The highest BCUT2D eigenvalue weighted by Crippen LogP contribution is 2.48. The van der Waals surface area contributed by atoms with Gasteiger partial charge in [0.25, 0.3) is 17.3 Å². The van der Waals surface area contributed by atoms with Crippen molar-refractivity contribution >= 4 is 34.6 Å². The fourth-order valence-electron chi connectivity index (χ4n) is 4.55. The normalized spacial score (nSPS) is 20.7. The number of nitro benzene ring substituents is 2. The van der Waals surface area contributed by atoms with Crippen LogP contribution in [0.1, 0.15) is 11.6 Å². The van der Waals surface area contributed by atoms with Crippen LogP contribution in [0.4, 0.5) is 22.7 Å². The number of rotatable bonds is 6. The van der Waals surface area contributed by atoms with E-state index in [0.717, 1.165) is 4.90 Å². The molecule has 0 saturated carbocycles. The summed E-state index contributed by atoms with van der Waals surface area (Å²) >= 11 is 0. The molecule has 13 heteroatoms. The Morgan fingerprint density at radius 3 is 1.97 bits per heavy atom. The quantitative estimate of drug-likeness (QED) is 0.298. The lowest BCUT2D eigenvalue weighted by Gasteiger charge is -2.29. The molecule has 2 amide bonds. The smallest absolute Gasteiger partial charge is 0.269 e. The zero-order valence-electron chi connectivity index (χ0n) is 19.1. The summed E-state index contributed by atoms with van der Waals surface area (Å²) in [6.45, 7) is 0. The van der Waals surface area contributed by atoms with Crippen LogP contribution in [0.5, 0.6) is 11.5 Å². The molecule has 188 valence electrons. The number of aromatic hydroxyl groups is 1. The van der Waals surface area contributed by atoms with Crippen LogP contribution in [-0.2, 0) is 14.4 Å². The molecule has 2 fully saturated rings. The van der Waals surface area contributed by atoms with Crippen LogP contribution in [0.2, 0.25) is 0 Å². The Bertz CT molecular complexity index is 1430. The van der Waals surface area contributed by atoms with Gasteiger partial charge in [0.2, 0.25) is 5.91 Å². The molecule has 1 N–H and O–H groups in total. The second-order valence-corrected chi connectivity index (χ2v) is 8.31. The Labute approximate surface area is 208 Å². The van der Waals surface area contributed by atoms with E-state index in [0.29, 0.717) is 11.3 Å². The summed E-state index contributed by atoms with van der Waals surface area (Å²) < 4.78 is 5.21. The molecule has 2 aliphatic heterocycles. The van der Waals surface area contributed by atoms with Gasteiger partial charge in [0, 0.05) is 24.3 Å². The van der Waals surface area contributed by atoms with Crippen LogP contribution in [0.25, 0.3) is 0 Å². The van der Waals surface area contributed by atoms with E-state index in [1.807, 2.05) is 0 Å². The van der Waals surface area contributed by atoms with Gasteiger partial charge in [0.15, 0.2) is 17.6 Å². The molecule has 2 saturated heterocycles. The Hall–Kier alpha value is -5.04. The van der Waals surface area contributed by atoms with E-state index in [1.54, 1.807) is 6.07 Å². The van der Waals surface area contributed by atoms with E-state index < -0.39 is 39.7 Å². The number of anilines is 2. The molecule has 0 radical (unpaired) electrons. The molecule has 3 aromatic carbocycles. The van der Waals surface area contributed by atoms with Gasteiger partial charge >= 0.3 is 0 Å². The minimum atomic E-state index is -1.23.